The second-order valence-electron chi connectivity index (χ2n) is 3.01. The van der Waals surface area contributed by atoms with Crippen molar-refractivity contribution in [1.82, 2.24) is 15.2 Å². The summed E-state index contributed by atoms with van der Waals surface area (Å²) >= 11 is 11.9. The maximum absolute atomic E-state index is 6.03. The molecular weight excluding hydrogens is 254 g/mol. The lowest BCUT2D eigenvalue weighted by Gasteiger charge is -2.06. The molecule has 0 unspecified atom stereocenters. The van der Waals surface area contributed by atoms with Crippen LogP contribution in [-0.2, 0) is 0 Å². The highest BCUT2D eigenvalue weighted by molar-refractivity contribution is 6.43. The zero-order valence-corrected chi connectivity index (χ0v) is 9.50. The average Bonchev–Trinajstić information content (AvgIpc) is 2.23. The molecule has 2 rings (SSSR count). The predicted molar refractivity (Wildman–Crippen MR) is 64.1 cm³/mol. The van der Waals surface area contributed by atoms with Crippen molar-refractivity contribution in [1.29, 1.82) is 0 Å². The van der Waals surface area contributed by atoms with E-state index in [1.54, 1.807) is 18.2 Å². The van der Waals surface area contributed by atoms with Crippen molar-refractivity contribution >= 4 is 35.0 Å². The number of hydrogen-bond donors (Lipinski definition) is 2. The van der Waals surface area contributed by atoms with Crippen LogP contribution >= 0.6 is 23.2 Å². The summed E-state index contributed by atoms with van der Waals surface area (Å²) in [5.74, 6) is 0.177. The molecule has 7 heteroatoms. The Labute approximate surface area is 101 Å². The summed E-state index contributed by atoms with van der Waals surface area (Å²) in [5, 5.41) is 8.24. The number of nitrogen functional groups attached to an aromatic ring is 2. The van der Waals surface area contributed by atoms with E-state index in [1.165, 1.54) is 0 Å². The van der Waals surface area contributed by atoms with Gasteiger partial charge in [0.1, 0.15) is 5.69 Å². The second-order valence-corrected chi connectivity index (χ2v) is 3.79. The first-order valence-corrected chi connectivity index (χ1v) is 5.05. The minimum atomic E-state index is 0.0133. The highest BCUT2D eigenvalue weighted by Crippen LogP contribution is 2.33. The van der Waals surface area contributed by atoms with Crippen molar-refractivity contribution in [3.8, 4) is 11.3 Å². The largest absolute Gasteiger partial charge is 0.382 e. The average molecular weight is 261 g/mol. The Bertz CT molecular complexity index is 543. The van der Waals surface area contributed by atoms with Gasteiger partial charge in [-0.05, 0) is 6.07 Å². The van der Waals surface area contributed by atoms with Gasteiger partial charge in [0.05, 0.1) is 10.0 Å². The maximum Gasteiger partial charge on any atom is 0.242 e. The number of aromatic nitrogens is 3. The summed E-state index contributed by atoms with van der Waals surface area (Å²) in [7, 11) is 0. The molecule has 5 nitrogen and oxygen atoms in total. The Morgan fingerprint density at radius 2 is 1.81 bits per heavy atom. The molecule has 0 saturated heterocycles. The molecule has 16 heavy (non-hydrogen) atoms. The number of anilines is 2. The van der Waals surface area contributed by atoms with Gasteiger partial charge in [-0.3, -0.25) is 0 Å². The van der Waals surface area contributed by atoms with E-state index < -0.39 is 0 Å². The quantitative estimate of drug-likeness (QED) is 0.766. The molecule has 1 aromatic heterocycles. The summed E-state index contributed by atoms with van der Waals surface area (Å²) < 4.78 is 0. The van der Waals surface area contributed by atoms with Crippen LogP contribution in [0.4, 0.5) is 11.8 Å². The van der Waals surface area contributed by atoms with Crippen LogP contribution in [0, 0.1) is 0 Å². The summed E-state index contributed by atoms with van der Waals surface area (Å²) in [4.78, 5) is 3.80. The van der Waals surface area contributed by atoms with E-state index in [0.29, 0.717) is 21.3 Å². The van der Waals surface area contributed by atoms with Crippen LogP contribution in [0.2, 0.25) is 10.0 Å². The third-order valence-corrected chi connectivity index (χ3v) is 2.76. The molecule has 4 N–H and O–H groups in total. The molecule has 0 radical (unpaired) electrons. The first-order valence-electron chi connectivity index (χ1n) is 4.29. The van der Waals surface area contributed by atoms with E-state index in [-0.39, 0.29) is 11.8 Å². The van der Waals surface area contributed by atoms with Crippen molar-refractivity contribution in [2.75, 3.05) is 11.5 Å². The Balaban J connectivity index is 2.63. The highest BCUT2D eigenvalue weighted by atomic mass is 35.5. The van der Waals surface area contributed by atoms with Crippen LogP contribution in [0.15, 0.2) is 18.2 Å². The molecule has 82 valence electrons. The lowest BCUT2D eigenvalue weighted by molar-refractivity contribution is 1.000. The molecule has 0 aliphatic carbocycles. The number of hydrogen-bond acceptors (Lipinski definition) is 5. The van der Waals surface area contributed by atoms with Gasteiger partial charge in [0, 0.05) is 5.56 Å². The molecule has 0 aliphatic rings. The molecule has 0 bridgehead atoms. The lowest BCUT2D eigenvalue weighted by Crippen LogP contribution is -2.04. The SMILES string of the molecule is Nc1[15n][13c]([15NH2])[15n][15n]c1-c1cccc(Cl)c1Cl. The van der Waals surface area contributed by atoms with E-state index in [4.69, 9.17) is 34.7 Å². The molecule has 0 spiro atoms. The number of nitrogens with zero attached hydrogens (tertiary/aromatic N) is 3. The van der Waals surface area contributed by atoms with Crippen LogP contribution in [0.25, 0.3) is 11.3 Å². The highest BCUT2D eigenvalue weighted by Gasteiger charge is 2.12. The number of halogens is 2. The van der Waals surface area contributed by atoms with Gasteiger partial charge in [-0.25, -0.2) is 0 Å². The Morgan fingerprint density at radius 3 is 2.50 bits per heavy atom. The molecule has 0 amide bonds. The maximum atomic E-state index is 6.03. The number of benzene rings is 1. The summed E-state index contributed by atoms with van der Waals surface area (Å²) in [6.45, 7) is 0. The molecule has 1 heterocycles. The summed E-state index contributed by atoms with van der Waals surface area (Å²) in [5.41, 5.74) is 12.0. The standard InChI is InChI=1S/C9H7Cl2N5/c10-5-3-1-2-4(6(5)11)7-8(12)14-9(13)16-15-7/h1-3H,(H4,12,13,14,16)/i9+1,13+1,14+1,15+1,16+1. The first-order chi connectivity index (χ1) is 7.59. The monoisotopic (exact) mass is 260 g/mol. The van der Waals surface area contributed by atoms with E-state index in [0.717, 1.165) is 0 Å². The van der Waals surface area contributed by atoms with Crippen molar-refractivity contribution in [3.05, 3.63) is 28.2 Å². The van der Waals surface area contributed by atoms with Crippen LogP contribution in [0.3, 0.4) is 0 Å². The molecule has 2 aromatic rings. The van der Waals surface area contributed by atoms with Gasteiger partial charge in [-0.15, -0.1) is 10.2 Å². The smallest absolute Gasteiger partial charge is 0.242 e. The van der Waals surface area contributed by atoms with Crippen LogP contribution in [0.1, 0.15) is 0 Å². The first kappa shape index (κ1) is 10.9. The van der Waals surface area contributed by atoms with Crippen molar-refractivity contribution in [2.45, 2.75) is 0 Å². The Hall–Kier alpha value is -1.59. The van der Waals surface area contributed by atoms with Gasteiger partial charge in [-0.2, -0.15) is 4.98 Å². The van der Waals surface area contributed by atoms with E-state index in [1.807, 2.05) is 0 Å². The number of nitrogens with two attached hydrogens (primary N) is 2. The van der Waals surface area contributed by atoms with Crippen molar-refractivity contribution in [3.63, 3.8) is 0 Å². The third kappa shape index (κ3) is 1.87. The number of rotatable bonds is 1. The third-order valence-electron chi connectivity index (χ3n) is 1.94. The van der Waals surface area contributed by atoms with Gasteiger partial charge in [0.2, 0.25) is 5.95 Å². The normalized spacial score (nSPS) is 10.4. The molecule has 0 aliphatic heterocycles. The van der Waals surface area contributed by atoms with E-state index in [2.05, 4.69) is 15.2 Å². The topological polar surface area (TPSA) is 90.7 Å². The zero-order valence-electron chi connectivity index (χ0n) is 7.98. The lowest BCUT2D eigenvalue weighted by atomic mass is 10.2. The van der Waals surface area contributed by atoms with Crippen molar-refractivity contribution in [2.24, 2.45) is 0 Å². The molecular formula is C9H7Cl2N5. The fourth-order valence-electron chi connectivity index (χ4n) is 1.23. The molecule has 0 fully saturated rings. The Morgan fingerprint density at radius 1 is 1.06 bits per heavy atom. The summed E-state index contributed by atoms with van der Waals surface area (Å²) in [6, 6.07) is 5.13. The van der Waals surface area contributed by atoms with Crippen LogP contribution < -0.4 is 11.5 Å². The molecule has 0 atom stereocenters. The van der Waals surface area contributed by atoms with Crippen LogP contribution in [0.5, 0.6) is 0 Å². The fraction of sp³-hybridized carbons (Fsp3) is 0. The van der Waals surface area contributed by atoms with E-state index in [9.17, 15) is 0 Å². The second kappa shape index (κ2) is 4.11. The van der Waals surface area contributed by atoms with Gasteiger partial charge < -0.3 is 11.5 Å². The fourth-order valence-corrected chi connectivity index (χ4v) is 1.62. The van der Waals surface area contributed by atoms with Gasteiger partial charge in [-0.1, -0.05) is 35.3 Å². The van der Waals surface area contributed by atoms with Gasteiger partial charge in [0.25, 0.3) is 0 Å². The zero-order chi connectivity index (χ0) is 11.7. The van der Waals surface area contributed by atoms with Gasteiger partial charge in [0.15, 0.2) is 5.82 Å². The minimum absolute atomic E-state index is 0.0133. The molecule has 0 saturated carbocycles. The Kier molecular flexibility index (Phi) is 2.80. The van der Waals surface area contributed by atoms with Gasteiger partial charge >= 0.3 is 0 Å². The molecule has 1 aromatic carbocycles. The van der Waals surface area contributed by atoms with E-state index >= 15 is 0 Å². The van der Waals surface area contributed by atoms with Crippen molar-refractivity contribution < 1.29 is 0 Å². The minimum Gasteiger partial charge on any atom is -0.382 e. The van der Waals surface area contributed by atoms with Crippen LogP contribution in [-0.4, -0.2) is 15.2 Å². The summed E-state index contributed by atoms with van der Waals surface area (Å²) in [6.07, 6.45) is 0. The predicted octanol–water partition coefficient (Wildman–Crippen LogP) is 2.01.